The van der Waals surface area contributed by atoms with Crippen LogP contribution in [0.3, 0.4) is 0 Å². The highest BCUT2D eigenvalue weighted by Gasteiger charge is 2.11. The summed E-state index contributed by atoms with van der Waals surface area (Å²) in [6.07, 6.45) is 0. The van der Waals surface area contributed by atoms with Crippen molar-refractivity contribution in [3.8, 4) is 0 Å². The highest BCUT2D eigenvalue weighted by Crippen LogP contribution is 2.20. The predicted octanol–water partition coefficient (Wildman–Crippen LogP) is 3.21. The van der Waals surface area contributed by atoms with Crippen molar-refractivity contribution in [2.24, 2.45) is 0 Å². The molecule has 0 amide bonds. The molecule has 4 nitrogen and oxygen atoms in total. The Morgan fingerprint density at radius 3 is 2.79 bits per heavy atom. The van der Waals surface area contributed by atoms with E-state index in [2.05, 4.69) is 10.3 Å². The number of nitrogens with one attached hydrogen (secondary N) is 1. The number of rotatable bonds is 4. The summed E-state index contributed by atoms with van der Waals surface area (Å²) in [5.41, 5.74) is 1.20. The number of carbonyl (C=O) groups is 1. The molecule has 0 fully saturated rings. The van der Waals surface area contributed by atoms with E-state index in [0.29, 0.717) is 12.2 Å². The first-order chi connectivity index (χ1) is 8.97. The first-order valence-electron chi connectivity index (χ1n) is 5.67. The van der Waals surface area contributed by atoms with Gasteiger partial charge in [0.15, 0.2) is 0 Å². The highest BCUT2D eigenvalue weighted by atomic mass is 32.1. The summed E-state index contributed by atoms with van der Waals surface area (Å²) >= 11 is 1.58. The molecule has 0 bridgehead atoms. The average Bonchev–Trinajstić information content (AvgIpc) is 2.66. The van der Waals surface area contributed by atoms with Crippen LogP contribution in [0.2, 0.25) is 0 Å². The van der Waals surface area contributed by atoms with E-state index in [1.165, 1.54) is 12.1 Å². The van der Waals surface area contributed by atoms with Crippen LogP contribution in [0.25, 0.3) is 0 Å². The Morgan fingerprint density at radius 1 is 1.47 bits per heavy atom. The number of anilines is 1. The zero-order valence-electron chi connectivity index (χ0n) is 10.5. The zero-order valence-corrected chi connectivity index (χ0v) is 11.3. The lowest BCUT2D eigenvalue weighted by molar-refractivity contribution is 0.0692. The Kier molecular flexibility index (Phi) is 3.80. The van der Waals surface area contributed by atoms with Gasteiger partial charge in [-0.1, -0.05) is 0 Å². The van der Waals surface area contributed by atoms with Gasteiger partial charge in [0.05, 0.1) is 22.8 Å². The van der Waals surface area contributed by atoms with E-state index in [9.17, 15) is 9.18 Å². The van der Waals surface area contributed by atoms with Crippen LogP contribution < -0.4 is 5.32 Å². The van der Waals surface area contributed by atoms with Gasteiger partial charge in [-0.15, -0.1) is 11.3 Å². The summed E-state index contributed by atoms with van der Waals surface area (Å²) in [6.45, 7) is 4.40. The molecule has 0 saturated heterocycles. The van der Waals surface area contributed by atoms with Gasteiger partial charge in [-0.25, -0.2) is 14.2 Å². The monoisotopic (exact) mass is 280 g/mol. The van der Waals surface area contributed by atoms with E-state index in [1.807, 2.05) is 13.8 Å². The summed E-state index contributed by atoms with van der Waals surface area (Å²) in [5.74, 6) is -2.01. The minimum Gasteiger partial charge on any atom is -0.478 e. The van der Waals surface area contributed by atoms with E-state index < -0.39 is 11.8 Å². The molecule has 0 atom stereocenters. The molecule has 0 radical (unpaired) electrons. The molecule has 2 aromatic rings. The van der Waals surface area contributed by atoms with E-state index in [1.54, 1.807) is 11.3 Å². The van der Waals surface area contributed by atoms with Gasteiger partial charge < -0.3 is 10.4 Å². The van der Waals surface area contributed by atoms with Crippen LogP contribution in [0.1, 0.15) is 25.9 Å². The van der Waals surface area contributed by atoms with E-state index in [4.69, 9.17) is 5.11 Å². The molecule has 0 aliphatic heterocycles. The maximum atomic E-state index is 13.2. The third-order valence-corrected chi connectivity index (χ3v) is 3.72. The number of carboxylic acid groups (broad SMARTS) is 1. The summed E-state index contributed by atoms with van der Waals surface area (Å²) < 4.78 is 13.2. The highest BCUT2D eigenvalue weighted by molar-refractivity contribution is 7.11. The van der Waals surface area contributed by atoms with Gasteiger partial charge in [-0.2, -0.15) is 0 Å². The van der Waals surface area contributed by atoms with Crippen LogP contribution in [0, 0.1) is 19.7 Å². The number of aromatic carboxylic acids is 1. The minimum atomic E-state index is -1.27. The molecule has 1 heterocycles. The summed E-state index contributed by atoms with van der Waals surface area (Å²) in [6, 6.07) is 3.96. The van der Waals surface area contributed by atoms with Crippen molar-refractivity contribution in [3.63, 3.8) is 0 Å². The van der Waals surface area contributed by atoms with Crippen molar-refractivity contribution < 1.29 is 14.3 Å². The summed E-state index contributed by atoms with van der Waals surface area (Å²) in [4.78, 5) is 16.2. The molecule has 100 valence electrons. The molecule has 19 heavy (non-hydrogen) atoms. The fourth-order valence-electron chi connectivity index (χ4n) is 1.72. The quantitative estimate of drug-likeness (QED) is 0.902. The van der Waals surface area contributed by atoms with Crippen LogP contribution in [0.5, 0.6) is 0 Å². The second kappa shape index (κ2) is 5.36. The normalized spacial score (nSPS) is 10.5. The first-order valence-corrected chi connectivity index (χ1v) is 6.48. The molecule has 1 aromatic heterocycles. The number of benzene rings is 1. The average molecular weight is 280 g/mol. The van der Waals surface area contributed by atoms with E-state index in [0.717, 1.165) is 21.6 Å². The molecular formula is C13H13FN2O2S. The van der Waals surface area contributed by atoms with Crippen molar-refractivity contribution in [3.05, 3.63) is 45.2 Å². The standard InChI is InChI=1S/C13H13FN2O2S/c1-7-12(19-8(2)16-7)6-15-9-3-4-11(14)10(5-9)13(17)18/h3-5,15H,6H2,1-2H3,(H,17,18). The zero-order chi connectivity index (χ0) is 14.0. The van der Waals surface area contributed by atoms with Crippen LogP contribution >= 0.6 is 11.3 Å². The number of thiazole rings is 1. The van der Waals surface area contributed by atoms with E-state index in [-0.39, 0.29) is 5.56 Å². The minimum absolute atomic E-state index is 0.331. The number of hydrogen-bond acceptors (Lipinski definition) is 4. The summed E-state index contributed by atoms with van der Waals surface area (Å²) in [7, 11) is 0. The number of halogens is 1. The van der Waals surface area contributed by atoms with Gasteiger partial charge in [0.2, 0.25) is 0 Å². The summed E-state index contributed by atoms with van der Waals surface area (Å²) in [5, 5.41) is 12.9. The smallest absolute Gasteiger partial charge is 0.338 e. The largest absolute Gasteiger partial charge is 0.478 e. The van der Waals surface area contributed by atoms with Gasteiger partial charge >= 0.3 is 5.97 Å². The fourth-order valence-corrected chi connectivity index (χ4v) is 2.60. The van der Waals surface area contributed by atoms with Crippen molar-refractivity contribution in [2.45, 2.75) is 20.4 Å². The lowest BCUT2D eigenvalue weighted by Crippen LogP contribution is -2.04. The molecule has 2 rings (SSSR count). The molecule has 0 spiro atoms. The van der Waals surface area contributed by atoms with Crippen LogP contribution in [0.4, 0.5) is 10.1 Å². The molecule has 1 aromatic carbocycles. The molecule has 0 aliphatic carbocycles. The second-order valence-corrected chi connectivity index (χ2v) is 5.38. The molecular weight excluding hydrogens is 267 g/mol. The Labute approximate surface area is 113 Å². The molecule has 0 saturated carbocycles. The first kappa shape index (κ1) is 13.5. The van der Waals surface area contributed by atoms with E-state index >= 15 is 0 Å². The van der Waals surface area contributed by atoms with Crippen LogP contribution in [0.15, 0.2) is 18.2 Å². The van der Waals surface area contributed by atoms with Gasteiger partial charge in [-0.3, -0.25) is 0 Å². The van der Waals surface area contributed by atoms with Gasteiger partial charge in [0.1, 0.15) is 5.82 Å². The lowest BCUT2D eigenvalue weighted by Gasteiger charge is -2.07. The van der Waals surface area contributed by atoms with Crippen LogP contribution in [-0.2, 0) is 6.54 Å². The van der Waals surface area contributed by atoms with Crippen molar-refractivity contribution in [1.82, 2.24) is 4.98 Å². The Hall–Kier alpha value is -1.95. The van der Waals surface area contributed by atoms with Crippen molar-refractivity contribution >= 4 is 23.0 Å². The number of aromatic nitrogens is 1. The third-order valence-electron chi connectivity index (χ3n) is 2.65. The number of hydrogen-bond donors (Lipinski definition) is 2. The third kappa shape index (κ3) is 3.08. The predicted molar refractivity (Wildman–Crippen MR) is 72.3 cm³/mol. The van der Waals surface area contributed by atoms with Gasteiger partial charge in [0, 0.05) is 10.6 Å². The molecule has 2 N–H and O–H groups in total. The fraction of sp³-hybridized carbons (Fsp3) is 0.231. The molecule has 0 aliphatic rings. The SMILES string of the molecule is Cc1nc(C)c(CNc2ccc(F)c(C(=O)O)c2)s1. The Morgan fingerprint density at radius 2 is 2.21 bits per heavy atom. The number of aryl methyl sites for hydroxylation is 2. The number of nitrogens with zero attached hydrogens (tertiary/aromatic N) is 1. The maximum Gasteiger partial charge on any atom is 0.338 e. The maximum absolute atomic E-state index is 13.2. The Balaban J connectivity index is 2.14. The van der Waals surface area contributed by atoms with Crippen molar-refractivity contribution in [1.29, 1.82) is 0 Å². The molecule has 0 unspecified atom stereocenters. The Bertz CT molecular complexity index is 625. The van der Waals surface area contributed by atoms with Gasteiger partial charge in [-0.05, 0) is 32.0 Å². The number of carboxylic acids is 1. The topological polar surface area (TPSA) is 62.2 Å². The van der Waals surface area contributed by atoms with Gasteiger partial charge in [0.25, 0.3) is 0 Å². The van der Waals surface area contributed by atoms with Crippen molar-refractivity contribution in [2.75, 3.05) is 5.32 Å². The van der Waals surface area contributed by atoms with Crippen LogP contribution in [-0.4, -0.2) is 16.1 Å². The second-order valence-electron chi connectivity index (χ2n) is 4.09. The molecule has 6 heteroatoms. The lowest BCUT2D eigenvalue weighted by atomic mass is 10.2.